The van der Waals surface area contributed by atoms with Crippen LogP contribution in [0.1, 0.15) is 15.9 Å². The van der Waals surface area contributed by atoms with Crippen LogP contribution in [0, 0.1) is 0 Å². The number of alkyl halides is 3. The molecule has 104 valence electrons. The van der Waals surface area contributed by atoms with Crippen LogP contribution in [-0.2, 0) is 6.18 Å². The number of carbonyl (C=O) groups is 1. The molecule has 0 aliphatic carbocycles. The summed E-state index contributed by atoms with van der Waals surface area (Å²) in [4.78, 5) is 12.5. The fraction of sp³-hybridized carbons (Fsp3) is 0.0714. The van der Waals surface area contributed by atoms with Gasteiger partial charge < -0.3 is 5.32 Å². The number of hydrogen-bond donors (Lipinski definition) is 2. The molecular formula is C14H10F3NOS. The Bertz CT molecular complexity index is 640. The molecule has 0 heterocycles. The van der Waals surface area contributed by atoms with Gasteiger partial charge in [0, 0.05) is 4.90 Å². The number of nitrogens with one attached hydrogen (secondary N) is 1. The van der Waals surface area contributed by atoms with Crippen molar-refractivity contribution in [2.45, 2.75) is 11.1 Å². The lowest BCUT2D eigenvalue weighted by atomic mass is 10.1. The van der Waals surface area contributed by atoms with E-state index in [1.54, 1.807) is 24.3 Å². The topological polar surface area (TPSA) is 29.1 Å². The van der Waals surface area contributed by atoms with E-state index in [1.807, 2.05) is 0 Å². The molecule has 0 bridgehead atoms. The summed E-state index contributed by atoms with van der Waals surface area (Å²) in [6, 6.07) is 11.2. The molecule has 1 N–H and O–H groups in total. The minimum atomic E-state index is -4.57. The molecule has 2 nitrogen and oxygen atoms in total. The number of carbonyl (C=O) groups excluding carboxylic acids is 1. The second-order valence-corrected chi connectivity index (χ2v) is 4.50. The van der Waals surface area contributed by atoms with Crippen molar-refractivity contribution in [3.8, 4) is 0 Å². The second-order valence-electron chi connectivity index (χ2n) is 4.01. The van der Waals surface area contributed by atoms with Crippen molar-refractivity contribution in [3.63, 3.8) is 0 Å². The smallest absolute Gasteiger partial charge is 0.321 e. The van der Waals surface area contributed by atoms with Crippen LogP contribution in [-0.4, -0.2) is 5.91 Å². The number of rotatable bonds is 2. The van der Waals surface area contributed by atoms with Crippen molar-refractivity contribution >= 4 is 24.2 Å². The predicted molar refractivity (Wildman–Crippen MR) is 73.1 cm³/mol. The quantitative estimate of drug-likeness (QED) is 0.797. The van der Waals surface area contributed by atoms with E-state index >= 15 is 0 Å². The van der Waals surface area contributed by atoms with E-state index in [-0.39, 0.29) is 0 Å². The maximum absolute atomic E-state index is 12.8. The van der Waals surface area contributed by atoms with Gasteiger partial charge in [0.1, 0.15) is 0 Å². The van der Waals surface area contributed by atoms with Gasteiger partial charge in [-0.1, -0.05) is 24.3 Å². The molecule has 0 atom stereocenters. The van der Waals surface area contributed by atoms with Gasteiger partial charge in [-0.2, -0.15) is 13.2 Å². The van der Waals surface area contributed by atoms with Crippen molar-refractivity contribution < 1.29 is 18.0 Å². The Hall–Kier alpha value is -1.95. The van der Waals surface area contributed by atoms with Crippen molar-refractivity contribution in [3.05, 3.63) is 59.7 Å². The van der Waals surface area contributed by atoms with E-state index in [0.717, 1.165) is 12.1 Å². The minimum Gasteiger partial charge on any atom is -0.321 e. The summed E-state index contributed by atoms with van der Waals surface area (Å²) in [5.41, 5.74) is -1.02. The zero-order chi connectivity index (χ0) is 14.8. The third kappa shape index (κ3) is 3.14. The monoisotopic (exact) mass is 297 g/mol. The molecule has 0 radical (unpaired) electrons. The number of benzene rings is 2. The maximum atomic E-state index is 12.8. The molecule has 0 aliphatic rings. The van der Waals surface area contributed by atoms with Crippen molar-refractivity contribution in [1.29, 1.82) is 0 Å². The maximum Gasteiger partial charge on any atom is 0.417 e. The Balaban J connectivity index is 2.34. The molecule has 0 saturated heterocycles. The number of hydrogen-bond acceptors (Lipinski definition) is 2. The standard InChI is InChI=1S/C14H10F3NOS/c15-14(16,17)10-6-2-1-5-9(10)13(19)18-11-7-3-4-8-12(11)20/h1-8,20H,(H,18,19). The highest BCUT2D eigenvalue weighted by molar-refractivity contribution is 7.80. The van der Waals surface area contributed by atoms with Gasteiger partial charge in [0.15, 0.2) is 0 Å². The van der Waals surface area contributed by atoms with Crippen LogP contribution < -0.4 is 5.32 Å². The van der Waals surface area contributed by atoms with Gasteiger partial charge in [0.25, 0.3) is 5.91 Å². The van der Waals surface area contributed by atoms with Crippen LogP contribution in [0.25, 0.3) is 0 Å². The third-order valence-corrected chi connectivity index (χ3v) is 3.02. The largest absolute Gasteiger partial charge is 0.417 e. The Morgan fingerprint density at radius 1 is 1.00 bits per heavy atom. The first-order valence-corrected chi connectivity index (χ1v) is 6.10. The summed E-state index contributed by atoms with van der Waals surface area (Å²) < 4.78 is 38.5. The number of thiol groups is 1. The zero-order valence-electron chi connectivity index (χ0n) is 10.1. The van der Waals surface area contributed by atoms with E-state index in [1.165, 1.54) is 12.1 Å². The Kier molecular flexibility index (Phi) is 4.04. The van der Waals surface area contributed by atoms with Crippen LogP contribution in [0.2, 0.25) is 0 Å². The lowest BCUT2D eigenvalue weighted by Gasteiger charge is -2.13. The Morgan fingerprint density at radius 3 is 2.25 bits per heavy atom. The normalized spacial score (nSPS) is 11.2. The highest BCUT2D eigenvalue weighted by Crippen LogP contribution is 2.32. The molecule has 6 heteroatoms. The molecular weight excluding hydrogens is 287 g/mol. The van der Waals surface area contributed by atoms with Crippen LogP contribution in [0.15, 0.2) is 53.4 Å². The summed E-state index contributed by atoms with van der Waals surface area (Å²) in [5, 5.41) is 2.42. The van der Waals surface area contributed by atoms with E-state index in [2.05, 4.69) is 17.9 Å². The molecule has 0 unspecified atom stereocenters. The average molecular weight is 297 g/mol. The lowest BCUT2D eigenvalue weighted by molar-refractivity contribution is -0.137. The van der Waals surface area contributed by atoms with E-state index < -0.39 is 23.2 Å². The molecule has 0 aliphatic heterocycles. The van der Waals surface area contributed by atoms with E-state index in [0.29, 0.717) is 10.6 Å². The molecule has 20 heavy (non-hydrogen) atoms. The van der Waals surface area contributed by atoms with Gasteiger partial charge in [0.2, 0.25) is 0 Å². The minimum absolute atomic E-state index is 0.359. The van der Waals surface area contributed by atoms with Crippen molar-refractivity contribution in [2.24, 2.45) is 0 Å². The molecule has 2 rings (SSSR count). The summed E-state index contributed by atoms with van der Waals surface area (Å²) in [6.45, 7) is 0. The average Bonchev–Trinajstić information content (AvgIpc) is 2.40. The Labute approximate surface area is 119 Å². The number of halogens is 3. The first-order valence-electron chi connectivity index (χ1n) is 5.65. The summed E-state index contributed by atoms with van der Waals surface area (Å²) in [7, 11) is 0. The zero-order valence-corrected chi connectivity index (χ0v) is 11.0. The molecule has 2 aromatic rings. The SMILES string of the molecule is O=C(Nc1ccccc1S)c1ccccc1C(F)(F)F. The summed E-state index contributed by atoms with van der Waals surface area (Å²) >= 11 is 4.13. The number of anilines is 1. The van der Waals surface area contributed by atoms with Crippen molar-refractivity contribution in [1.82, 2.24) is 0 Å². The van der Waals surface area contributed by atoms with E-state index in [4.69, 9.17) is 0 Å². The van der Waals surface area contributed by atoms with Crippen LogP contribution in [0.4, 0.5) is 18.9 Å². The lowest BCUT2D eigenvalue weighted by Crippen LogP contribution is -2.18. The van der Waals surface area contributed by atoms with Gasteiger partial charge in [-0.3, -0.25) is 4.79 Å². The van der Waals surface area contributed by atoms with Gasteiger partial charge >= 0.3 is 6.18 Å². The predicted octanol–water partition coefficient (Wildman–Crippen LogP) is 4.25. The molecule has 0 aromatic heterocycles. The third-order valence-electron chi connectivity index (χ3n) is 2.63. The van der Waals surface area contributed by atoms with Crippen LogP contribution in [0.3, 0.4) is 0 Å². The molecule has 2 aromatic carbocycles. The molecule has 1 amide bonds. The highest BCUT2D eigenvalue weighted by Gasteiger charge is 2.34. The fourth-order valence-electron chi connectivity index (χ4n) is 1.70. The molecule has 0 fully saturated rings. The first kappa shape index (κ1) is 14.5. The first-order chi connectivity index (χ1) is 9.39. The van der Waals surface area contributed by atoms with Gasteiger partial charge in [-0.25, -0.2) is 0 Å². The Morgan fingerprint density at radius 2 is 1.60 bits per heavy atom. The highest BCUT2D eigenvalue weighted by atomic mass is 32.1. The van der Waals surface area contributed by atoms with Gasteiger partial charge in [-0.15, -0.1) is 12.6 Å². The van der Waals surface area contributed by atoms with E-state index in [9.17, 15) is 18.0 Å². The number of amides is 1. The fourth-order valence-corrected chi connectivity index (χ4v) is 1.91. The second kappa shape index (κ2) is 5.58. The van der Waals surface area contributed by atoms with Crippen molar-refractivity contribution in [2.75, 3.05) is 5.32 Å². The summed E-state index contributed by atoms with van der Waals surface area (Å²) in [6.07, 6.45) is -4.57. The molecule has 0 spiro atoms. The van der Waals surface area contributed by atoms with Crippen LogP contribution >= 0.6 is 12.6 Å². The van der Waals surface area contributed by atoms with Gasteiger partial charge in [0.05, 0.1) is 16.8 Å². The molecule has 0 saturated carbocycles. The van der Waals surface area contributed by atoms with Crippen LogP contribution in [0.5, 0.6) is 0 Å². The number of para-hydroxylation sites is 1. The summed E-state index contributed by atoms with van der Waals surface area (Å²) in [5.74, 6) is -0.820. The van der Waals surface area contributed by atoms with Gasteiger partial charge in [-0.05, 0) is 24.3 Å².